The van der Waals surface area contributed by atoms with Gasteiger partial charge >= 0.3 is 0 Å². The maximum Gasteiger partial charge on any atom is 0.0533 e. The van der Waals surface area contributed by atoms with Crippen molar-refractivity contribution in [3.05, 3.63) is 0 Å². The second-order valence-corrected chi connectivity index (χ2v) is 5.55. The summed E-state index contributed by atoms with van der Waals surface area (Å²) in [6.45, 7) is 1.99. The van der Waals surface area contributed by atoms with Gasteiger partial charge in [-0.25, -0.2) is 0 Å². The van der Waals surface area contributed by atoms with Gasteiger partial charge in [0.05, 0.1) is 6.61 Å². The van der Waals surface area contributed by atoms with Gasteiger partial charge in [0.25, 0.3) is 0 Å². The average molecular weight is 261 g/mol. The van der Waals surface area contributed by atoms with E-state index in [0.29, 0.717) is 5.41 Å². The zero-order chi connectivity index (χ0) is 9.86. The molecule has 0 N–H and O–H groups in total. The molecule has 1 atom stereocenters. The lowest BCUT2D eigenvalue weighted by Gasteiger charge is -2.44. The summed E-state index contributed by atoms with van der Waals surface area (Å²) < 4.78 is 5.70. The van der Waals surface area contributed by atoms with Crippen LogP contribution in [0.1, 0.15) is 44.9 Å². The first-order valence-electron chi connectivity index (χ1n) is 6.01. The zero-order valence-corrected chi connectivity index (χ0v) is 10.5. The number of halogens is 1. The van der Waals surface area contributed by atoms with Gasteiger partial charge in [-0.3, -0.25) is 0 Å². The molecule has 14 heavy (non-hydrogen) atoms. The van der Waals surface area contributed by atoms with E-state index >= 15 is 0 Å². The van der Waals surface area contributed by atoms with E-state index in [1.54, 1.807) is 0 Å². The SMILES string of the molecule is BrCC1(C2CCCCC2)CCCOC1. The molecule has 1 aliphatic heterocycles. The van der Waals surface area contributed by atoms with E-state index in [2.05, 4.69) is 15.9 Å². The molecule has 0 aromatic carbocycles. The lowest BCUT2D eigenvalue weighted by Crippen LogP contribution is -2.41. The molecule has 0 bridgehead atoms. The van der Waals surface area contributed by atoms with E-state index < -0.39 is 0 Å². The van der Waals surface area contributed by atoms with Crippen molar-refractivity contribution in [1.29, 1.82) is 0 Å². The van der Waals surface area contributed by atoms with Gasteiger partial charge in [-0.05, 0) is 31.6 Å². The highest BCUT2D eigenvalue weighted by atomic mass is 79.9. The van der Waals surface area contributed by atoms with E-state index in [1.165, 1.54) is 44.9 Å². The maximum atomic E-state index is 5.70. The summed E-state index contributed by atoms with van der Waals surface area (Å²) in [5, 5.41) is 1.14. The molecule has 1 unspecified atom stereocenters. The minimum absolute atomic E-state index is 0.485. The highest BCUT2D eigenvalue weighted by molar-refractivity contribution is 9.09. The van der Waals surface area contributed by atoms with Crippen molar-refractivity contribution in [2.45, 2.75) is 44.9 Å². The van der Waals surface area contributed by atoms with Crippen molar-refractivity contribution in [2.24, 2.45) is 11.3 Å². The quantitative estimate of drug-likeness (QED) is 0.688. The van der Waals surface area contributed by atoms with Crippen LogP contribution in [-0.4, -0.2) is 18.5 Å². The standard InChI is InChI=1S/C12H21BrO/c13-9-12(7-4-8-14-10-12)11-5-2-1-3-6-11/h11H,1-10H2. The normalized spacial score (nSPS) is 35.8. The van der Waals surface area contributed by atoms with Crippen LogP contribution in [0.3, 0.4) is 0 Å². The summed E-state index contributed by atoms with van der Waals surface area (Å²) in [7, 11) is 0. The third kappa shape index (κ3) is 2.16. The van der Waals surface area contributed by atoms with E-state index in [9.17, 15) is 0 Å². The van der Waals surface area contributed by atoms with Crippen LogP contribution in [0.2, 0.25) is 0 Å². The molecule has 0 aromatic rings. The van der Waals surface area contributed by atoms with Gasteiger partial charge < -0.3 is 4.74 Å². The molecule has 1 heterocycles. The van der Waals surface area contributed by atoms with Gasteiger partial charge in [-0.15, -0.1) is 0 Å². The third-order valence-electron chi connectivity index (χ3n) is 4.09. The second kappa shape index (κ2) is 4.98. The van der Waals surface area contributed by atoms with Crippen LogP contribution in [0.25, 0.3) is 0 Å². The lowest BCUT2D eigenvalue weighted by atomic mass is 9.67. The second-order valence-electron chi connectivity index (χ2n) is 4.99. The summed E-state index contributed by atoms with van der Waals surface area (Å²) in [5.41, 5.74) is 0.485. The van der Waals surface area contributed by atoms with Crippen LogP contribution in [0.15, 0.2) is 0 Å². The van der Waals surface area contributed by atoms with Crippen LogP contribution in [0.5, 0.6) is 0 Å². The van der Waals surface area contributed by atoms with Gasteiger partial charge in [-0.1, -0.05) is 35.2 Å². The van der Waals surface area contributed by atoms with Crippen LogP contribution in [0.4, 0.5) is 0 Å². The molecule has 2 fully saturated rings. The van der Waals surface area contributed by atoms with E-state index in [1.807, 2.05) is 0 Å². The molecule has 0 amide bonds. The van der Waals surface area contributed by atoms with Crippen LogP contribution >= 0.6 is 15.9 Å². The first kappa shape index (κ1) is 10.9. The molecule has 2 heteroatoms. The molecular weight excluding hydrogens is 240 g/mol. The fourth-order valence-electron chi connectivity index (χ4n) is 3.13. The fraction of sp³-hybridized carbons (Fsp3) is 1.00. The highest BCUT2D eigenvalue weighted by Gasteiger charge is 2.39. The van der Waals surface area contributed by atoms with Crippen LogP contribution in [0, 0.1) is 11.3 Å². The number of hydrogen-bond acceptors (Lipinski definition) is 1. The van der Waals surface area contributed by atoms with Gasteiger partial charge in [0.15, 0.2) is 0 Å². The summed E-state index contributed by atoms with van der Waals surface area (Å²) in [4.78, 5) is 0. The zero-order valence-electron chi connectivity index (χ0n) is 8.93. The molecular formula is C12H21BrO. The molecule has 2 rings (SSSR count). The van der Waals surface area contributed by atoms with Crippen LogP contribution < -0.4 is 0 Å². The fourth-order valence-corrected chi connectivity index (χ4v) is 4.03. The Hall–Kier alpha value is 0.440. The van der Waals surface area contributed by atoms with Gasteiger partial charge in [0, 0.05) is 17.4 Å². The summed E-state index contributed by atoms with van der Waals surface area (Å²) in [6, 6.07) is 0. The van der Waals surface area contributed by atoms with Crippen molar-refractivity contribution in [2.75, 3.05) is 18.5 Å². The topological polar surface area (TPSA) is 9.23 Å². The maximum absolute atomic E-state index is 5.70. The molecule has 0 aromatic heterocycles. The largest absolute Gasteiger partial charge is 0.381 e. The molecule has 0 radical (unpaired) electrons. The lowest BCUT2D eigenvalue weighted by molar-refractivity contribution is -0.0365. The molecule has 0 spiro atoms. The van der Waals surface area contributed by atoms with E-state index in [4.69, 9.17) is 4.74 Å². The van der Waals surface area contributed by atoms with Gasteiger partial charge in [0.2, 0.25) is 0 Å². The Morgan fingerprint density at radius 2 is 1.93 bits per heavy atom. The van der Waals surface area contributed by atoms with Crippen molar-refractivity contribution >= 4 is 15.9 Å². The Labute approximate surface area is 95.7 Å². The van der Waals surface area contributed by atoms with Crippen molar-refractivity contribution in [3.8, 4) is 0 Å². The monoisotopic (exact) mass is 260 g/mol. The van der Waals surface area contributed by atoms with Crippen molar-refractivity contribution in [3.63, 3.8) is 0 Å². The molecule has 2 aliphatic rings. The molecule has 1 saturated heterocycles. The highest BCUT2D eigenvalue weighted by Crippen LogP contribution is 2.44. The number of hydrogen-bond donors (Lipinski definition) is 0. The molecule has 1 aliphatic carbocycles. The average Bonchev–Trinajstić information content (AvgIpc) is 2.31. The Bertz CT molecular complexity index is 169. The first-order valence-corrected chi connectivity index (χ1v) is 7.13. The predicted molar refractivity (Wildman–Crippen MR) is 62.9 cm³/mol. The smallest absolute Gasteiger partial charge is 0.0533 e. The third-order valence-corrected chi connectivity index (χ3v) is 5.21. The van der Waals surface area contributed by atoms with Crippen molar-refractivity contribution in [1.82, 2.24) is 0 Å². The Morgan fingerprint density at radius 1 is 1.14 bits per heavy atom. The summed E-state index contributed by atoms with van der Waals surface area (Å²) >= 11 is 3.72. The minimum Gasteiger partial charge on any atom is -0.381 e. The predicted octanol–water partition coefficient (Wildman–Crippen LogP) is 3.76. The summed E-state index contributed by atoms with van der Waals surface area (Å²) in [5.74, 6) is 0.927. The summed E-state index contributed by atoms with van der Waals surface area (Å²) in [6.07, 6.45) is 9.86. The number of ether oxygens (including phenoxy) is 1. The Morgan fingerprint density at radius 3 is 2.50 bits per heavy atom. The Kier molecular flexibility index (Phi) is 3.89. The molecule has 1 nitrogen and oxygen atoms in total. The van der Waals surface area contributed by atoms with E-state index in [0.717, 1.165) is 24.5 Å². The number of rotatable bonds is 2. The molecule has 1 saturated carbocycles. The Balaban J connectivity index is 2.01. The van der Waals surface area contributed by atoms with Gasteiger partial charge in [-0.2, -0.15) is 0 Å². The van der Waals surface area contributed by atoms with Crippen LogP contribution in [-0.2, 0) is 4.74 Å². The van der Waals surface area contributed by atoms with Gasteiger partial charge in [0.1, 0.15) is 0 Å². The van der Waals surface area contributed by atoms with Crippen molar-refractivity contribution < 1.29 is 4.74 Å². The minimum atomic E-state index is 0.485. The molecule has 82 valence electrons. The number of alkyl halides is 1. The van der Waals surface area contributed by atoms with E-state index in [-0.39, 0.29) is 0 Å². The first-order chi connectivity index (χ1) is 6.87.